The summed E-state index contributed by atoms with van der Waals surface area (Å²) in [4.78, 5) is 13.4. The Morgan fingerprint density at radius 2 is 2.00 bits per heavy atom. The highest BCUT2D eigenvalue weighted by molar-refractivity contribution is 5.88. The molecule has 1 saturated heterocycles. The summed E-state index contributed by atoms with van der Waals surface area (Å²) in [6.07, 6.45) is 0. The van der Waals surface area contributed by atoms with E-state index in [1.54, 1.807) is 25.3 Å². The van der Waals surface area contributed by atoms with Gasteiger partial charge in [0, 0.05) is 25.2 Å². The van der Waals surface area contributed by atoms with E-state index in [0.717, 1.165) is 30.9 Å². The van der Waals surface area contributed by atoms with Crippen LogP contribution < -0.4 is 4.74 Å². The first kappa shape index (κ1) is 13.9. The molecule has 1 fully saturated rings. The molecule has 0 aromatic heterocycles. The van der Waals surface area contributed by atoms with Crippen molar-refractivity contribution in [3.63, 3.8) is 0 Å². The van der Waals surface area contributed by atoms with E-state index in [0.29, 0.717) is 17.4 Å². The van der Waals surface area contributed by atoms with Crippen LogP contribution in [0.2, 0.25) is 0 Å². The smallest absolute Gasteiger partial charge is 0.335 e. The van der Waals surface area contributed by atoms with Crippen molar-refractivity contribution in [2.45, 2.75) is 20.4 Å². The Morgan fingerprint density at radius 3 is 2.53 bits per heavy atom. The zero-order valence-corrected chi connectivity index (χ0v) is 11.7. The SMILES string of the molecule is COc1ccc(C(=O)O)cc1CN1CC(C)C(C)C1. The summed E-state index contributed by atoms with van der Waals surface area (Å²) in [6.45, 7) is 7.38. The Morgan fingerprint density at radius 1 is 1.37 bits per heavy atom. The normalized spacial score (nSPS) is 23.5. The summed E-state index contributed by atoms with van der Waals surface area (Å²) in [6, 6.07) is 5.04. The number of aromatic carboxylic acids is 1. The van der Waals surface area contributed by atoms with Crippen LogP contribution in [0.15, 0.2) is 18.2 Å². The highest BCUT2D eigenvalue weighted by Crippen LogP contribution is 2.27. The first-order valence-electron chi connectivity index (χ1n) is 6.63. The summed E-state index contributed by atoms with van der Waals surface area (Å²) in [5.41, 5.74) is 1.26. The third-order valence-corrected chi connectivity index (χ3v) is 3.99. The second kappa shape index (κ2) is 5.61. The van der Waals surface area contributed by atoms with Gasteiger partial charge >= 0.3 is 5.97 Å². The molecule has 1 aromatic carbocycles. The van der Waals surface area contributed by atoms with Crippen LogP contribution in [0.1, 0.15) is 29.8 Å². The second-order valence-corrected chi connectivity index (χ2v) is 5.48. The van der Waals surface area contributed by atoms with Crippen molar-refractivity contribution in [1.29, 1.82) is 0 Å². The topological polar surface area (TPSA) is 49.8 Å². The molecular formula is C15H21NO3. The Hall–Kier alpha value is -1.55. The molecule has 2 unspecified atom stereocenters. The minimum Gasteiger partial charge on any atom is -0.496 e. The molecule has 0 amide bonds. The molecular weight excluding hydrogens is 242 g/mol. The maximum absolute atomic E-state index is 11.0. The molecule has 4 nitrogen and oxygen atoms in total. The molecule has 0 spiro atoms. The van der Waals surface area contributed by atoms with Gasteiger partial charge in [0.2, 0.25) is 0 Å². The Kier molecular flexibility index (Phi) is 4.10. The number of rotatable bonds is 4. The van der Waals surface area contributed by atoms with Crippen LogP contribution in [0.4, 0.5) is 0 Å². The molecule has 1 heterocycles. The number of hydrogen-bond donors (Lipinski definition) is 1. The van der Waals surface area contributed by atoms with Gasteiger partial charge in [0.15, 0.2) is 0 Å². The van der Waals surface area contributed by atoms with Gasteiger partial charge in [0.25, 0.3) is 0 Å². The molecule has 0 bridgehead atoms. The molecule has 104 valence electrons. The van der Waals surface area contributed by atoms with Crippen LogP contribution >= 0.6 is 0 Å². The predicted octanol–water partition coefficient (Wildman–Crippen LogP) is 2.48. The molecule has 4 heteroatoms. The van der Waals surface area contributed by atoms with E-state index < -0.39 is 5.97 Å². The Labute approximate surface area is 114 Å². The third-order valence-electron chi connectivity index (χ3n) is 3.99. The number of carboxylic acids is 1. The van der Waals surface area contributed by atoms with E-state index in [1.807, 2.05) is 0 Å². The molecule has 0 saturated carbocycles. The molecule has 19 heavy (non-hydrogen) atoms. The molecule has 2 rings (SSSR count). The second-order valence-electron chi connectivity index (χ2n) is 5.48. The number of nitrogens with zero attached hydrogens (tertiary/aromatic N) is 1. The number of benzene rings is 1. The van der Waals surface area contributed by atoms with Crippen LogP contribution in [0.25, 0.3) is 0 Å². The lowest BCUT2D eigenvalue weighted by atomic mass is 10.0. The van der Waals surface area contributed by atoms with E-state index in [-0.39, 0.29) is 0 Å². The number of ether oxygens (including phenoxy) is 1. The van der Waals surface area contributed by atoms with Crippen LogP contribution in [0.5, 0.6) is 5.75 Å². The largest absolute Gasteiger partial charge is 0.496 e. The van der Waals surface area contributed by atoms with Crippen molar-refractivity contribution >= 4 is 5.97 Å². The number of carbonyl (C=O) groups is 1. The summed E-state index contributed by atoms with van der Waals surface area (Å²) in [7, 11) is 1.62. The van der Waals surface area contributed by atoms with Gasteiger partial charge in [-0.05, 0) is 30.0 Å². The van der Waals surface area contributed by atoms with Crippen LogP contribution in [0, 0.1) is 11.8 Å². The highest BCUT2D eigenvalue weighted by atomic mass is 16.5. The van der Waals surface area contributed by atoms with Crippen LogP contribution in [-0.4, -0.2) is 36.2 Å². The van der Waals surface area contributed by atoms with Gasteiger partial charge in [0.05, 0.1) is 12.7 Å². The van der Waals surface area contributed by atoms with Crippen LogP contribution in [0.3, 0.4) is 0 Å². The van der Waals surface area contributed by atoms with Gasteiger partial charge in [-0.3, -0.25) is 4.90 Å². The van der Waals surface area contributed by atoms with E-state index in [9.17, 15) is 4.79 Å². The fraction of sp³-hybridized carbons (Fsp3) is 0.533. The predicted molar refractivity (Wildman–Crippen MR) is 73.6 cm³/mol. The zero-order valence-electron chi connectivity index (χ0n) is 11.7. The number of likely N-dealkylation sites (tertiary alicyclic amines) is 1. The monoisotopic (exact) mass is 263 g/mol. The molecule has 1 aliphatic rings. The zero-order chi connectivity index (χ0) is 14.0. The lowest BCUT2D eigenvalue weighted by Gasteiger charge is -2.18. The first-order chi connectivity index (χ1) is 9.01. The summed E-state index contributed by atoms with van der Waals surface area (Å²) >= 11 is 0. The van der Waals surface area contributed by atoms with Gasteiger partial charge in [-0.2, -0.15) is 0 Å². The van der Waals surface area contributed by atoms with Crippen molar-refractivity contribution in [2.75, 3.05) is 20.2 Å². The van der Waals surface area contributed by atoms with Crippen molar-refractivity contribution in [3.05, 3.63) is 29.3 Å². The van der Waals surface area contributed by atoms with E-state index in [2.05, 4.69) is 18.7 Å². The minimum absolute atomic E-state index is 0.316. The number of hydrogen-bond acceptors (Lipinski definition) is 3. The average Bonchev–Trinajstić information content (AvgIpc) is 2.68. The van der Waals surface area contributed by atoms with E-state index in [4.69, 9.17) is 9.84 Å². The Bertz CT molecular complexity index is 462. The molecule has 0 aliphatic carbocycles. The summed E-state index contributed by atoms with van der Waals surface area (Å²) in [5.74, 6) is 1.24. The molecule has 2 atom stereocenters. The first-order valence-corrected chi connectivity index (χ1v) is 6.63. The lowest BCUT2D eigenvalue weighted by molar-refractivity contribution is 0.0696. The van der Waals surface area contributed by atoms with E-state index >= 15 is 0 Å². The highest BCUT2D eigenvalue weighted by Gasteiger charge is 2.26. The van der Waals surface area contributed by atoms with Crippen molar-refractivity contribution < 1.29 is 14.6 Å². The van der Waals surface area contributed by atoms with Gasteiger partial charge in [-0.1, -0.05) is 13.8 Å². The number of carboxylic acid groups (broad SMARTS) is 1. The molecule has 1 N–H and O–H groups in total. The van der Waals surface area contributed by atoms with Crippen molar-refractivity contribution in [2.24, 2.45) is 11.8 Å². The number of methoxy groups -OCH3 is 1. The maximum atomic E-state index is 11.0. The van der Waals surface area contributed by atoms with Gasteiger partial charge in [-0.15, -0.1) is 0 Å². The van der Waals surface area contributed by atoms with Crippen molar-refractivity contribution in [3.8, 4) is 5.75 Å². The quantitative estimate of drug-likeness (QED) is 0.906. The van der Waals surface area contributed by atoms with Gasteiger partial charge < -0.3 is 9.84 Å². The minimum atomic E-state index is -0.896. The van der Waals surface area contributed by atoms with Crippen molar-refractivity contribution in [1.82, 2.24) is 4.90 Å². The van der Waals surface area contributed by atoms with Crippen LogP contribution in [-0.2, 0) is 6.54 Å². The fourth-order valence-electron chi connectivity index (χ4n) is 2.65. The summed E-state index contributed by atoms with van der Waals surface area (Å²) < 4.78 is 5.32. The summed E-state index contributed by atoms with van der Waals surface area (Å²) in [5, 5.41) is 9.06. The van der Waals surface area contributed by atoms with E-state index in [1.165, 1.54) is 0 Å². The fourth-order valence-corrected chi connectivity index (χ4v) is 2.65. The molecule has 1 aromatic rings. The lowest BCUT2D eigenvalue weighted by Crippen LogP contribution is -2.20. The molecule has 1 aliphatic heterocycles. The Balaban J connectivity index is 2.18. The average molecular weight is 263 g/mol. The third kappa shape index (κ3) is 3.07. The molecule has 0 radical (unpaired) electrons. The van der Waals surface area contributed by atoms with Gasteiger partial charge in [0.1, 0.15) is 5.75 Å². The van der Waals surface area contributed by atoms with Gasteiger partial charge in [-0.25, -0.2) is 4.79 Å². The maximum Gasteiger partial charge on any atom is 0.335 e. The standard InChI is InChI=1S/C15H21NO3/c1-10-7-16(8-11(10)2)9-13-6-12(15(17)18)4-5-14(13)19-3/h4-6,10-11H,7-9H2,1-3H3,(H,17,18).